The quantitative estimate of drug-likeness (QED) is 0.471. The molecule has 27 heavy (non-hydrogen) atoms. The summed E-state index contributed by atoms with van der Waals surface area (Å²) in [5, 5.41) is 0.666. The van der Waals surface area contributed by atoms with E-state index in [1.54, 1.807) is 12.4 Å². The third kappa shape index (κ3) is 3.82. The summed E-state index contributed by atoms with van der Waals surface area (Å²) >= 11 is 7.42. The summed E-state index contributed by atoms with van der Waals surface area (Å²) in [7, 11) is 0. The lowest BCUT2D eigenvalue weighted by Gasteiger charge is -2.14. The van der Waals surface area contributed by atoms with E-state index in [1.165, 1.54) is 11.8 Å². The molecule has 0 aliphatic heterocycles. The number of aromatic amines is 1. The van der Waals surface area contributed by atoms with Gasteiger partial charge in [-0.25, -0.2) is 0 Å². The average molecular weight is 391 g/mol. The molecule has 4 rings (SSSR count). The van der Waals surface area contributed by atoms with Gasteiger partial charge in [0.05, 0.1) is 10.6 Å². The Morgan fingerprint density at radius 2 is 1.63 bits per heavy atom. The summed E-state index contributed by atoms with van der Waals surface area (Å²) in [6, 6.07) is 23.1. The Hall–Kier alpha value is -2.82. The Morgan fingerprint density at radius 1 is 0.889 bits per heavy atom. The second-order valence-electron chi connectivity index (χ2n) is 5.87. The zero-order valence-electron chi connectivity index (χ0n) is 14.2. The topological polar surface area (TPSA) is 45.8 Å². The molecule has 0 atom stereocenters. The maximum atomic E-state index is 12.7. The Bertz CT molecular complexity index is 1110. The molecule has 0 saturated heterocycles. The van der Waals surface area contributed by atoms with Gasteiger partial charge in [-0.3, -0.25) is 9.78 Å². The summed E-state index contributed by atoms with van der Waals surface area (Å²) in [5.41, 5.74) is 3.41. The molecule has 2 heterocycles. The van der Waals surface area contributed by atoms with Crippen molar-refractivity contribution in [2.75, 3.05) is 0 Å². The Balaban J connectivity index is 1.94. The van der Waals surface area contributed by atoms with Crippen LogP contribution in [-0.4, -0.2) is 9.97 Å². The van der Waals surface area contributed by atoms with Crippen molar-refractivity contribution in [3.05, 3.63) is 101 Å². The molecule has 4 aromatic rings. The van der Waals surface area contributed by atoms with Gasteiger partial charge in [-0.2, -0.15) is 0 Å². The molecule has 0 aliphatic carbocycles. The highest BCUT2D eigenvalue weighted by Gasteiger charge is 2.17. The van der Waals surface area contributed by atoms with E-state index in [1.807, 2.05) is 72.8 Å². The van der Waals surface area contributed by atoms with Gasteiger partial charge in [0.25, 0.3) is 5.56 Å². The van der Waals surface area contributed by atoms with Gasteiger partial charge in [0.1, 0.15) is 0 Å². The van der Waals surface area contributed by atoms with E-state index in [9.17, 15) is 4.79 Å². The predicted octanol–water partition coefficient (Wildman–Crippen LogP) is 5.91. The van der Waals surface area contributed by atoms with Gasteiger partial charge in [-0.1, -0.05) is 59.8 Å². The molecule has 2 aromatic carbocycles. The standard InChI is InChI=1S/C22H15ClN2OS/c23-16-9-11-17(12-10-16)27-21-20(15-6-2-1-3-7-15)18(14-25-22(21)26)19-8-4-5-13-24-19/h1-14H,(H,25,26). The van der Waals surface area contributed by atoms with Crippen LogP contribution in [-0.2, 0) is 0 Å². The Morgan fingerprint density at radius 3 is 2.33 bits per heavy atom. The van der Waals surface area contributed by atoms with Gasteiger partial charge in [-0.15, -0.1) is 0 Å². The van der Waals surface area contributed by atoms with E-state index in [0.29, 0.717) is 9.92 Å². The summed E-state index contributed by atoms with van der Waals surface area (Å²) in [4.78, 5) is 21.7. The second kappa shape index (κ2) is 7.82. The largest absolute Gasteiger partial charge is 0.327 e. The SMILES string of the molecule is O=c1[nH]cc(-c2ccccn2)c(-c2ccccc2)c1Sc1ccc(Cl)cc1. The van der Waals surface area contributed by atoms with Gasteiger partial charge in [0, 0.05) is 33.4 Å². The summed E-state index contributed by atoms with van der Waals surface area (Å²) in [6.45, 7) is 0. The molecule has 0 radical (unpaired) electrons. The van der Waals surface area contributed by atoms with Crippen molar-refractivity contribution in [1.29, 1.82) is 0 Å². The molecule has 0 aliphatic rings. The summed E-state index contributed by atoms with van der Waals surface area (Å²) in [5.74, 6) is 0. The minimum absolute atomic E-state index is 0.131. The molecule has 0 amide bonds. The lowest BCUT2D eigenvalue weighted by molar-refractivity contribution is 1.14. The molecular weight excluding hydrogens is 376 g/mol. The third-order valence-electron chi connectivity index (χ3n) is 4.09. The number of H-pyrrole nitrogens is 1. The van der Waals surface area contributed by atoms with Crippen molar-refractivity contribution < 1.29 is 0 Å². The molecule has 0 spiro atoms. The van der Waals surface area contributed by atoms with Crippen LogP contribution in [0.3, 0.4) is 0 Å². The fourth-order valence-corrected chi connectivity index (χ4v) is 3.96. The van der Waals surface area contributed by atoms with E-state index in [4.69, 9.17) is 11.6 Å². The first-order valence-electron chi connectivity index (χ1n) is 8.38. The first kappa shape index (κ1) is 17.6. The molecule has 1 N–H and O–H groups in total. The van der Waals surface area contributed by atoms with Crippen LogP contribution in [0.5, 0.6) is 0 Å². The molecule has 0 saturated carbocycles. The molecule has 0 bridgehead atoms. The first-order chi connectivity index (χ1) is 13.2. The highest BCUT2D eigenvalue weighted by Crippen LogP contribution is 2.39. The van der Waals surface area contributed by atoms with Crippen molar-refractivity contribution in [2.45, 2.75) is 9.79 Å². The second-order valence-corrected chi connectivity index (χ2v) is 7.39. The number of aromatic nitrogens is 2. The molecule has 2 aromatic heterocycles. The van der Waals surface area contributed by atoms with Gasteiger partial charge in [0.2, 0.25) is 0 Å². The number of rotatable bonds is 4. The first-order valence-corrected chi connectivity index (χ1v) is 9.58. The number of hydrogen-bond acceptors (Lipinski definition) is 3. The molecule has 0 fully saturated rings. The van der Waals surface area contributed by atoms with Crippen LogP contribution in [0, 0.1) is 0 Å². The minimum Gasteiger partial charge on any atom is -0.327 e. The van der Waals surface area contributed by atoms with Crippen molar-refractivity contribution in [2.24, 2.45) is 0 Å². The molecule has 5 heteroatoms. The van der Waals surface area contributed by atoms with E-state index in [2.05, 4.69) is 9.97 Å². The molecular formula is C22H15ClN2OS. The monoisotopic (exact) mass is 390 g/mol. The van der Waals surface area contributed by atoms with Crippen LogP contribution in [0.15, 0.2) is 99.8 Å². The lowest BCUT2D eigenvalue weighted by Crippen LogP contribution is -2.10. The zero-order chi connectivity index (χ0) is 18.6. The highest BCUT2D eigenvalue weighted by atomic mass is 35.5. The number of hydrogen-bond donors (Lipinski definition) is 1. The number of halogens is 1. The number of benzene rings is 2. The predicted molar refractivity (Wildman–Crippen MR) is 111 cm³/mol. The number of pyridine rings is 2. The summed E-state index contributed by atoms with van der Waals surface area (Å²) in [6.07, 6.45) is 3.49. The van der Waals surface area contributed by atoms with Crippen molar-refractivity contribution in [1.82, 2.24) is 9.97 Å². The maximum absolute atomic E-state index is 12.7. The van der Waals surface area contributed by atoms with Crippen LogP contribution in [0.2, 0.25) is 5.02 Å². The molecule has 3 nitrogen and oxygen atoms in total. The maximum Gasteiger partial charge on any atom is 0.262 e. The molecule has 0 unspecified atom stereocenters. The third-order valence-corrected chi connectivity index (χ3v) is 5.44. The summed E-state index contributed by atoms with van der Waals surface area (Å²) < 4.78 is 0. The Kier molecular flexibility index (Phi) is 5.10. The van der Waals surface area contributed by atoms with E-state index < -0.39 is 0 Å². The van der Waals surface area contributed by atoms with Crippen molar-refractivity contribution in [3.8, 4) is 22.4 Å². The van der Waals surface area contributed by atoms with E-state index in [-0.39, 0.29) is 5.56 Å². The zero-order valence-corrected chi connectivity index (χ0v) is 15.8. The van der Waals surface area contributed by atoms with Crippen LogP contribution in [0.25, 0.3) is 22.4 Å². The van der Waals surface area contributed by atoms with Crippen molar-refractivity contribution >= 4 is 23.4 Å². The van der Waals surface area contributed by atoms with E-state index >= 15 is 0 Å². The van der Waals surface area contributed by atoms with Crippen LogP contribution < -0.4 is 5.56 Å². The van der Waals surface area contributed by atoms with Crippen LogP contribution in [0.4, 0.5) is 0 Å². The van der Waals surface area contributed by atoms with Gasteiger partial charge < -0.3 is 4.98 Å². The van der Waals surface area contributed by atoms with Crippen molar-refractivity contribution in [3.63, 3.8) is 0 Å². The van der Waals surface area contributed by atoms with Gasteiger partial charge in [-0.05, 0) is 42.0 Å². The van der Waals surface area contributed by atoms with E-state index in [0.717, 1.165) is 27.3 Å². The number of nitrogens with one attached hydrogen (secondary N) is 1. The lowest BCUT2D eigenvalue weighted by atomic mass is 9.99. The Labute approximate surface area is 166 Å². The van der Waals surface area contributed by atoms with Crippen LogP contribution in [0.1, 0.15) is 0 Å². The van der Waals surface area contributed by atoms with Gasteiger partial charge in [0.15, 0.2) is 0 Å². The minimum atomic E-state index is -0.131. The smallest absolute Gasteiger partial charge is 0.262 e. The van der Waals surface area contributed by atoms with Crippen LogP contribution >= 0.6 is 23.4 Å². The normalized spacial score (nSPS) is 10.7. The highest BCUT2D eigenvalue weighted by molar-refractivity contribution is 7.99. The fourth-order valence-electron chi connectivity index (χ4n) is 2.84. The average Bonchev–Trinajstić information content (AvgIpc) is 2.72. The fraction of sp³-hybridized carbons (Fsp3) is 0. The van der Waals surface area contributed by atoms with Gasteiger partial charge >= 0.3 is 0 Å². The molecule has 132 valence electrons. The number of nitrogens with zero attached hydrogens (tertiary/aromatic N) is 1.